The van der Waals surface area contributed by atoms with Gasteiger partial charge in [-0.1, -0.05) is 11.6 Å². The maximum absolute atomic E-state index is 13.2. The Morgan fingerprint density at radius 2 is 2.10 bits per heavy atom. The van der Waals surface area contributed by atoms with Crippen LogP contribution >= 0.6 is 11.6 Å². The van der Waals surface area contributed by atoms with Gasteiger partial charge in [0, 0.05) is 5.02 Å². The van der Waals surface area contributed by atoms with Crippen LogP contribution in [0, 0.1) is 5.82 Å². The molecular weight excluding hydrogens is 301 g/mol. The molecule has 0 saturated carbocycles. The fourth-order valence-electron chi connectivity index (χ4n) is 2.76. The first-order valence-electron chi connectivity index (χ1n) is 6.68. The topological polar surface area (TPSA) is 67.8 Å². The van der Waals surface area contributed by atoms with Gasteiger partial charge in [-0.2, -0.15) is 0 Å². The molecule has 2 N–H and O–H groups in total. The molecule has 4 atom stereocenters. The van der Waals surface area contributed by atoms with Gasteiger partial charge < -0.3 is 19.9 Å². The third kappa shape index (κ3) is 3.18. The second kappa shape index (κ2) is 5.88. The third-order valence-corrected chi connectivity index (χ3v) is 3.88. The normalized spacial score (nSPS) is 31.2. The standard InChI is InChI=1S/C14H15ClFNO4/c15-8-1-7(2-9(16)4-8)3-12(19)17-10-5-20-14-11(18)6-21-13(10)14/h1-2,4,10-11,13-14,18H,3,5-6H2,(H,17,19)/t10-,11-,13+,14+/m0/s1. The summed E-state index contributed by atoms with van der Waals surface area (Å²) in [5, 5.41) is 12.7. The van der Waals surface area contributed by atoms with E-state index in [1.54, 1.807) is 6.07 Å². The SMILES string of the molecule is O=C(Cc1cc(F)cc(Cl)c1)N[C@H]1CO[C@H]2[C@@H]1OC[C@@H]2O. The number of hydrogen-bond donors (Lipinski definition) is 2. The number of fused-ring (bicyclic) bond motifs is 1. The fourth-order valence-corrected chi connectivity index (χ4v) is 3.00. The summed E-state index contributed by atoms with van der Waals surface area (Å²) < 4.78 is 24.1. The summed E-state index contributed by atoms with van der Waals surface area (Å²) in [6.07, 6.45) is -1.36. The molecule has 1 aromatic rings. The number of nitrogens with one attached hydrogen (secondary N) is 1. The number of amides is 1. The van der Waals surface area contributed by atoms with Crippen molar-refractivity contribution in [3.63, 3.8) is 0 Å². The van der Waals surface area contributed by atoms with Crippen LogP contribution < -0.4 is 5.32 Å². The Bertz CT molecular complexity index is 536. The lowest BCUT2D eigenvalue weighted by molar-refractivity contribution is -0.121. The van der Waals surface area contributed by atoms with E-state index in [4.69, 9.17) is 21.1 Å². The highest BCUT2D eigenvalue weighted by molar-refractivity contribution is 6.30. The van der Waals surface area contributed by atoms with Crippen LogP contribution in [0.2, 0.25) is 5.02 Å². The molecule has 2 fully saturated rings. The number of carbonyl (C=O) groups excluding carboxylic acids is 1. The number of aliphatic hydroxyl groups excluding tert-OH is 1. The predicted molar refractivity (Wildman–Crippen MR) is 72.5 cm³/mol. The molecule has 0 aliphatic carbocycles. The van der Waals surface area contributed by atoms with E-state index in [1.807, 2.05) is 0 Å². The molecule has 0 radical (unpaired) electrons. The maximum atomic E-state index is 13.2. The molecule has 2 heterocycles. The Morgan fingerprint density at radius 3 is 2.86 bits per heavy atom. The van der Waals surface area contributed by atoms with Gasteiger partial charge in [-0.05, 0) is 23.8 Å². The van der Waals surface area contributed by atoms with E-state index in [2.05, 4.69) is 5.32 Å². The van der Waals surface area contributed by atoms with E-state index in [9.17, 15) is 14.3 Å². The molecule has 1 amide bonds. The number of rotatable bonds is 3. The Kier molecular flexibility index (Phi) is 4.12. The van der Waals surface area contributed by atoms with Crippen LogP contribution in [0.3, 0.4) is 0 Å². The summed E-state index contributed by atoms with van der Waals surface area (Å²) in [5.41, 5.74) is 0.500. The van der Waals surface area contributed by atoms with Gasteiger partial charge in [0.2, 0.25) is 5.91 Å². The molecule has 0 aromatic heterocycles. The highest BCUT2D eigenvalue weighted by Crippen LogP contribution is 2.27. The highest BCUT2D eigenvalue weighted by Gasteiger charge is 2.47. The average Bonchev–Trinajstić information content (AvgIpc) is 2.93. The van der Waals surface area contributed by atoms with Gasteiger partial charge in [0.25, 0.3) is 0 Å². The van der Waals surface area contributed by atoms with Crippen LogP contribution in [-0.4, -0.2) is 48.6 Å². The highest BCUT2D eigenvalue weighted by atomic mass is 35.5. The zero-order valence-electron chi connectivity index (χ0n) is 11.1. The molecule has 114 valence electrons. The largest absolute Gasteiger partial charge is 0.388 e. The van der Waals surface area contributed by atoms with Gasteiger partial charge in [-0.15, -0.1) is 0 Å². The second-order valence-corrected chi connectivity index (χ2v) is 5.73. The lowest BCUT2D eigenvalue weighted by Crippen LogP contribution is -2.44. The molecule has 21 heavy (non-hydrogen) atoms. The summed E-state index contributed by atoms with van der Waals surface area (Å²) in [6.45, 7) is 0.503. The molecule has 3 rings (SSSR count). The lowest BCUT2D eigenvalue weighted by atomic mass is 10.1. The third-order valence-electron chi connectivity index (χ3n) is 3.66. The van der Waals surface area contributed by atoms with Crippen molar-refractivity contribution < 1.29 is 23.8 Å². The first-order valence-corrected chi connectivity index (χ1v) is 7.06. The Morgan fingerprint density at radius 1 is 1.33 bits per heavy atom. The summed E-state index contributed by atoms with van der Waals surface area (Å²) in [4.78, 5) is 12.0. The molecular formula is C14H15ClFNO4. The number of hydrogen-bond acceptors (Lipinski definition) is 4. The molecule has 2 aliphatic heterocycles. The molecule has 0 spiro atoms. The van der Waals surface area contributed by atoms with Gasteiger partial charge in [-0.3, -0.25) is 4.79 Å². The van der Waals surface area contributed by atoms with Crippen LogP contribution in [-0.2, 0) is 20.7 Å². The average molecular weight is 316 g/mol. The van der Waals surface area contributed by atoms with Gasteiger partial charge in [0.05, 0.1) is 25.7 Å². The van der Waals surface area contributed by atoms with E-state index >= 15 is 0 Å². The van der Waals surface area contributed by atoms with Crippen molar-refractivity contribution in [2.24, 2.45) is 0 Å². The monoisotopic (exact) mass is 315 g/mol. The number of ether oxygens (including phenoxy) is 2. The van der Waals surface area contributed by atoms with Crippen LogP contribution in [0.4, 0.5) is 4.39 Å². The number of halogens is 2. The van der Waals surface area contributed by atoms with E-state index in [-0.39, 0.29) is 42.2 Å². The van der Waals surface area contributed by atoms with Crippen molar-refractivity contribution in [1.29, 1.82) is 0 Å². The lowest BCUT2D eigenvalue weighted by Gasteiger charge is -2.17. The number of benzene rings is 1. The van der Waals surface area contributed by atoms with Crippen molar-refractivity contribution in [2.75, 3.05) is 13.2 Å². The first kappa shape index (κ1) is 14.7. The van der Waals surface area contributed by atoms with Gasteiger partial charge in [-0.25, -0.2) is 4.39 Å². The molecule has 0 unspecified atom stereocenters. The summed E-state index contributed by atoms with van der Waals surface area (Å²) >= 11 is 5.75. The van der Waals surface area contributed by atoms with Gasteiger partial charge >= 0.3 is 0 Å². The maximum Gasteiger partial charge on any atom is 0.224 e. The smallest absolute Gasteiger partial charge is 0.224 e. The van der Waals surface area contributed by atoms with Crippen LogP contribution in [0.1, 0.15) is 5.56 Å². The van der Waals surface area contributed by atoms with E-state index in [1.165, 1.54) is 12.1 Å². The molecule has 2 aliphatic rings. The minimum Gasteiger partial charge on any atom is -0.388 e. The summed E-state index contributed by atoms with van der Waals surface area (Å²) in [7, 11) is 0. The molecule has 2 saturated heterocycles. The van der Waals surface area contributed by atoms with Crippen LogP contribution in [0.5, 0.6) is 0 Å². The number of aliphatic hydroxyl groups is 1. The Labute approximate surface area is 126 Å². The van der Waals surface area contributed by atoms with Crippen molar-refractivity contribution >= 4 is 17.5 Å². The van der Waals surface area contributed by atoms with Gasteiger partial charge in [0.1, 0.15) is 24.1 Å². The number of carbonyl (C=O) groups is 1. The quantitative estimate of drug-likeness (QED) is 0.860. The molecule has 5 nitrogen and oxygen atoms in total. The molecule has 1 aromatic carbocycles. The minimum atomic E-state index is -0.654. The van der Waals surface area contributed by atoms with Crippen molar-refractivity contribution in [3.8, 4) is 0 Å². The van der Waals surface area contributed by atoms with Crippen LogP contribution in [0.15, 0.2) is 18.2 Å². The first-order chi connectivity index (χ1) is 10.0. The molecule has 0 bridgehead atoms. The minimum absolute atomic E-state index is 0.0217. The predicted octanol–water partition coefficient (Wildman–Crippen LogP) is 0.665. The zero-order valence-corrected chi connectivity index (χ0v) is 11.8. The van der Waals surface area contributed by atoms with Crippen molar-refractivity contribution in [2.45, 2.75) is 30.8 Å². The zero-order chi connectivity index (χ0) is 15.0. The summed E-state index contributed by atoms with van der Waals surface area (Å²) in [5.74, 6) is -0.743. The van der Waals surface area contributed by atoms with E-state index < -0.39 is 11.9 Å². The Balaban J connectivity index is 1.59. The van der Waals surface area contributed by atoms with Crippen molar-refractivity contribution in [1.82, 2.24) is 5.32 Å². The fraction of sp³-hybridized carbons (Fsp3) is 0.500. The second-order valence-electron chi connectivity index (χ2n) is 5.29. The molecule has 7 heteroatoms. The van der Waals surface area contributed by atoms with Gasteiger partial charge in [0.15, 0.2) is 0 Å². The summed E-state index contributed by atoms with van der Waals surface area (Å²) in [6, 6.07) is 3.71. The van der Waals surface area contributed by atoms with E-state index in [0.29, 0.717) is 12.2 Å². The van der Waals surface area contributed by atoms with Crippen LogP contribution in [0.25, 0.3) is 0 Å². The Hall–Kier alpha value is -1.21. The van der Waals surface area contributed by atoms with E-state index in [0.717, 1.165) is 0 Å². The van der Waals surface area contributed by atoms with Crippen molar-refractivity contribution in [3.05, 3.63) is 34.6 Å².